The fraction of sp³-hybridized carbons (Fsp3) is 0.727. The van der Waals surface area contributed by atoms with E-state index in [0.29, 0.717) is 6.61 Å². The molecule has 3 nitrogen and oxygen atoms in total. The van der Waals surface area contributed by atoms with Crippen LogP contribution in [-0.4, -0.2) is 43.7 Å². The number of carbonyl (C=O) groups excluding carboxylic acids is 1. The Morgan fingerprint density at radius 1 is 1.40 bits per heavy atom. The van der Waals surface area contributed by atoms with Crippen LogP contribution in [0.3, 0.4) is 0 Å². The van der Waals surface area contributed by atoms with Crippen molar-refractivity contribution in [3.05, 3.63) is 12.7 Å². The molecule has 0 aromatic carbocycles. The van der Waals surface area contributed by atoms with Crippen molar-refractivity contribution in [2.45, 2.75) is 20.3 Å². The first-order valence-corrected chi connectivity index (χ1v) is 5.20. The quantitative estimate of drug-likeness (QED) is 0.235. The number of rotatable bonds is 7. The summed E-state index contributed by atoms with van der Waals surface area (Å²) < 4.78 is 5.94. The van der Waals surface area contributed by atoms with Gasteiger partial charge in [-0.15, -0.1) is 0 Å². The molecular formula is C11H22ClNO2. The molecule has 0 rings (SSSR count). The van der Waals surface area contributed by atoms with Crippen LogP contribution in [0.1, 0.15) is 20.3 Å². The van der Waals surface area contributed by atoms with Gasteiger partial charge < -0.3 is 21.6 Å². The van der Waals surface area contributed by atoms with Crippen LogP contribution < -0.4 is 12.4 Å². The number of hydrogen-bond acceptors (Lipinski definition) is 2. The molecule has 90 valence electrons. The van der Waals surface area contributed by atoms with Gasteiger partial charge in [0.25, 0.3) is 0 Å². The Kier molecular flexibility index (Phi) is 9.84. The summed E-state index contributed by atoms with van der Waals surface area (Å²) in [7, 11) is 2.22. The highest BCUT2D eigenvalue weighted by Crippen LogP contribution is 2.02. The first kappa shape index (κ1) is 16.9. The second kappa shape index (κ2) is 8.74. The van der Waals surface area contributed by atoms with Crippen LogP contribution in [0.25, 0.3) is 0 Å². The van der Waals surface area contributed by atoms with Gasteiger partial charge in [-0.05, 0) is 13.8 Å². The Labute approximate surface area is 99.1 Å². The molecule has 0 N–H and O–H groups in total. The van der Waals surface area contributed by atoms with Gasteiger partial charge in [0.2, 0.25) is 0 Å². The highest BCUT2D eigenvalue weighted by Gasteiger charge is 2.15. The van der Waals surface area contributed by atoms with Crippen molar-refractivity contribution in [3.63, 3.8) is 0 Å². The molecule has 0 saturated heterocycles. The molecule has 0 bridgehead atoms. The topological polar surface area (TPSA) is 26.3 Å². The fourth-order valence-electron chi connectivity index (χ4n) is 1.22. The molecule has 0 heterocycles. The molecule has 0 fully saturated rings. The van der Waals surface area contributed by atoms with Crippen molar-refractivity contribution in [2.75, 3.05) is 33.3 Å². The van der Waals surface area contributed by atoms with E-state index in [4.69, 9.17) is 4.74 Å². The minimum absolute atomic E-state index is 0. The third-order valence-electron chi connectivity index (χ3n) is 2.78. The Balaban J connectivity index is 0. The molecule has 0 aromatic heterocycles. The Bertz CT molecular complexity index is 191. The van der Waals surface area contributed by atoms with Gasteiger partial charge in [0.15, 0.2) is 0 Å². The highest BCUT2D eigenvalue weighted by molar-refractivity contribution is 5.81. The smallest absolute Gasteiger partial charge is 0.330 e. The minimum atomic E-state index is -0.327. The van der Waals surface area contributed by atoms with E-state index in [-0.39, 0.29) is 18.4 Å². The molecule has 0 aliphatic rings. The highest BCUT2D eigenvalue weighted by atomic mass is 35.5. The first-order valence-electron chi connectivity index (χ1n) is 5.20. The normalized spacial score (nSPS) is 10.3. The van der Waals surface area contributed by atoms with Crippen LogP contribution in [0.4, 0.5) is 0 Å². The molecular weight excluding hydrogens is 214 g/mol. The van der Waals surface area contributed by atoms with E-state index in [1.807, 2.05) is 0 Å². The lowest BCUT2D eigenvalue weighted by Gasteiger charge is -2.31. The zero-order valence-corrected chi connectivity index (χ0v) is 10.7. The molecule has 15 heavy (non-hydrogen) atoms. The maximum absolute atomic E-state index is 10.7. The first-order chi connectivity index (χ1) is 6.58. The standard InChI is InChI=1S/C11H22NO2.ClH/c1-5-11(13)14-10-8-9-12(4,6-2)7-3;/h5H,1,6-10H2,2-4H3;1H/q+1;/p-1. The molecule has 0 aliphatic carbocycles. The van der Waals surface area contributed by atoms with Gasteiger partial charge in [-0.3, -0.25) is 0 Å². The van der Waals surface area contributed by atoms with Crippen molar-refractivity contribution in [3.8, 4) is 0 Å². The summed E-state index contributed by atoms with van der Waals surface area (Å²) in [4.78, 5) is 10.7. The average molecular weight is 236 g/mol. The number of quaternary nitrogens is 1. The van der Waals surface area contributed by atoms with Gasteiger partial charge in [0.1, 0.15) is 0 Å². The summed E-state index contributed by atoms with van der Waals surface area (Å²) in [5.74, 6) is -0.327. The summed E-state index contributed by atoms with van der Waals surface area (Å²) in [5, 5.41) is 0. The van der Waals surface area contributed by atoms with Gasteiger partial charge in [-0.25, -0.2) is 4.79 Å². The number of hydrogen-bond donors (Lipinski definition) is 0. The maximum atomic E-state index is 10.7. The van der Waals surface area contributed by atoms with E-state index in [9.17, 15) is 4.79 Å². The third kappa shape index (κ3) is 7.40. The van der Waals surface area contributed by atoms with Crippen LogP contribution in [0.15, 0.2) is 12.7 Å². The fourth-order valence-corrected chi connectivity index (χ4v) is 1.22. The number of ether oxygens (including phenoxy) is 1. The van der Waals surface area contributed by atoms with Crippen molar-refractivity contribution < 1.29 is 26.4 Å². The van der Waals surface area contributed by atoms with Crippen LogP contribution in [0.2, 0.25) is 0 Å². The second-order valence-corrected chi connectivity index (χ2v) is 3.70. The monoisotopic (exact) mass is 235 g/mol. The van der Waals surface area contributed by atoms with E-state index in [2.05, 4.69) is 27.5 Å². The number of halogens is 1. The van der Waals surface area contributed by atoms with Crippen molar-refractivity contribution in [1.82, 2.24) is 0 Å². The van der Waals surface area contributed by atoms with E-state index < -0.39 is 0 Å². The van der Waals surface area contributed by atoms with Crippen LogP contribution in [0, 0.1) is 0 Å². The number of carbonyl (C=O) groups is 1. The Morgan fingerprint density at radius 2 is 1.93 bits per heavy atom. The van der Waals surface area contributed by atoms with Gasteiger partial charge in [0.05, 0.1) is 33.3 Å². The summed E-state index contributed by atoms with van der Waals surface area (Å²) in [6.07, 6.45) is 2.12. The summed E-state index contributed by atoms with van der Waals surface area (Å²) in [6.45, 7) is 11.5. The average Bonchev–Trinajstić information content (AvgIpc) is 2.23. The predicted octanol–water partition coefficient (Wildman–Crippen LogP) is -1.40. The Hall–Kier alpha value is -0.540. The summed E-state index contributed by atoms with van der Waals surface area (Å²) in [6, 6.07) is 0. The molecule has 0 radical (unpaired) electrons. The van der Waals surface area contributed by atoms with E-state index in [1.54, 1.807) is 0 Å². The zero-order chi connectivity index (χ0) is 11.0. The van der Waals surface area contributed by atoms with Crippen LogP contribution >= 0.6 is 0 Å². The molecule has 0 saturated carbocycles. The SMILES string of the molecule is C=CC(=O)OCCC[N+](C)(CC)CC.[Cl-]. The largest absolute Gasteiger partial charge is 1.00 e. The second-order valence-electron chi connectivity index (χ2n) is 3.70. The molecule has 0 aromatic rings. The lowest BCUT2D eigenvalue weighted by Crippen LogP contribution is -3.00. The Morgan fingerprint density at radius 3 is 2.33 bits per heavy atom. The minimum Gasteiger partial charge on any atom is -1.00 e. The molecule has 0 unspecified atom stereocenters. The number of esters is 1. The van der Waals surface area contributed by atoms with Gasteiger partial charge in [-0.2, -0.15) is 0 Å². The molecule has 0 atom stereocenters. The van der Waals surface area contributed by atoms with Gasteiger partial charge in [0, 0.05) is 12.5 Å². The third-order valence-corrected chi connectivity index (χ3v) is 2.78. The van der Waals surface area contributed by atoms with Gasteiger partial charge >= 0.3 is 5.97 Å². The summed E-state index contributed by atoms with van der Waals surface area (Å²) >= 11 is 0. The van der Waals surface area contributed by atoms with Crippen molar-refractivity contribution >= 4 is 5.97 Å². The van der Waals surface area contributed by atoms with Gasteiger partial charge in [-0.1, -0.05) is 6.58 Å². The van der Waals surface area contributed by atoms with E-state index >= 15 is 0 Å². The van der Waals surface area contributed by atoms with E-state index in [1.165, 1.54) is 6.08 Å². The zero-order valence-electron chi connectivity index (χ0n) is 9.96. The molecule has 0 amide bonds. The van der Waals surface area contributed by atoms with Crippen LogP contribution in [-0.2, 0) is 9.53 Å². The molecule has 0 aliphatic heterocycles. The lowest BCUT2D eigenvalue weighted by molar-refractivity contribution is -0.906. The number of nitrogens with zero attached hydrogens (tertiary/aromatic N) is 1. The predicted molar refractivity (Wildman–Crippen MR) is 57.9 cm³/mol. The van der Waals surface area contributed by atoms with Crippen molar-refractivity contribution in [2.24, 2.45) is 0 Å². The van der Waals surface area contributed by atoms with Crippen molar-refractivity contribution in [1.29, 1.82) is 0 Å². The molecule has 4 heteroatoms. The summed E-state index contributed by atoms with van der Waals surface area (Å²) in [5.41, 5.74) is 0. The lowest BCUT2D eigenvalue weighted by atomic mass is 10.3. The van der Waals surface area contributed by atoms with Crippen LogP contribution in [0.5, 0.6) is 0 Å². The molecule has 0 spiro atoms. The van der Waals surface area contributed by atoms with E-state index in [0.717, 1.165) is 30.5 Å². The maximum Gasteiger partial charge on any atom is 0.330 e.